The summed E-state index contributed by atoms with van der Waals surface area (Å²) in [5.41, 5.74) is 2.76. The number of hydrogen-bond donors (Lipinski definition) is 1. The van der Waals surface area contributed by atoms with Gasteiger partial charge < -0.3 is 14.7 Å². The molecule has 5 heteroatoms. The first-order valence-electron chi connectivity index (χ1n) is 14.3. The van der Waals surface area contributed by atoms with Gasteiger partial charge in [0.15, 0.2) is 6.04 Å². The fourth-order valence-electron chi connectivity index (χ4n) is 6.64. The molecule has 1 saturated heterocycles. The highest BCUT2D eigenvalue weighted by Gasteiger charge is 2.42. The van der Waals surface area contributed by atoms with Crippen molar-refractivity contribution in [2.24, 2.45) is 11.8 Å². The summed E-state index contributed by atoms with van der Waals surface area (Å²) in [5, 5.41) is 3.28. The molecule has 1 aromatic carbocycles. The number of carbonyl (C=O) groups excluding carboxylic acids is 2. The number of quaternary nitrogens is 1. The first-order chi connectivity index (χ1) is 17.1. The van der Waals surface area contributed by atoms with Crippen LogP contribution in [0.5, 0.6) is 0 Å². The van der Waals surface area contributed by atoms with Crippen molar-refractivity contribution in [1.82, 2.24) is 10.2 Å². The summed E-state index contributed by atoms with van der Waals surface area (Å²) in [6.45, 7) is 5.69. The molecule has 1 aromatic rings. The number of piperidine rings is 1. The van der Waals surface area contributed by atoms with E-state index in [0.717, 1.165) is 38.8 Å². The zero-order chi connectivity index (χ0) is 25.9. The van der Waals surface area contributed by atoms with Gasteiger partial charge in [0.25, 0.3) is 5.91 Å². The van der Waals surface area contributed by atoms with Gasteiger partial charge in [-0.1, -0.05) is 88.8 Å². The maximum atomic E-state index is 13.8. The van der Waals surface area contributed by atoms with Gasteiger partial charge in [-0.2, -0.15) is 0 Å². The molecule has 2 amide bonds. The molecule has 1 heterocycles. The normalized spacial score (nSPS) is 22.2. The molecule has 5 nitrogen and oxygen atoms in total. The summed E-state index contributed by atoms with van der Waals surface area (Å²) in [6, 6.07) is 8.06. The van der Waals surface area contributed by atoms with Crippen LogP contribution in [0.25, 0.3) is 6.08 Å². The predicted molar refractivity (Wildman–Crippen MR) is 147 cm³/mol. The van der Waals surface area contributed by atoms with Crippen molar-refractivity contribution in [3.05, 3.63) is 41.5 Å². The number of amides is 2. The molecule has 36 heavy (non-hydrogen) atoms. The Labute approximate surface area is 218 Å². The molecule has 0 bridgehead atoms. The van der Waals surface area contributed by atoms with Crippen molar-refractivity contribution in [2.45, 2.75) is 89.1 Å². The first-order valence-corrected chi connectivity index (χ1v) is 14.3. The molecule has 1 aliphatic heterocycles. The van der Waals surface area contributed by atoms with Crippen LogP contribution in [0.1, 0.15) is 82.8 Å². The number of carbonyl (C=O) groups is 2. The average molecular weight is 495 g/mol. The van der Waals surface area contributed by atoms with Crippen LogP contribution in [0.3, 0.4) is 0 Å². The van der Waals surface area contributed by atoms with Gasteiger partial charge in [0.05, 0.1) is 21.1 Å². The summed E-state index contributed by atoms with van der Waals surface area (Å²) in [6.07, 6.45) is 14.6. The SMILES string of the molecule is CC[C@H](C)C(NC(=O)C(CC1CCCCC1)[N+](C)(C)C)C(=O)N1CCC2(C=Cc3ccccc32)CC1. The molecular formula is C31H48N3O2+. The quantitative estimate of drug-likeness (QED) is 0.508. The molecule has 4 rings (SSSR count). The van der Waals surface area contributed by atoms with Crippen molar-refractivity contribution < 1.29 is 14.1 Å². The molecule has 0 radical (unpaired) electrons. The number of benzene rings is 1. The molecule has 3 aliphatic rings. The minimum atomic E-state index is -0.455. The third kappa shape index (κ3) is 5.72. The van der Waals surface area contributed by atoms with Gasteiger partial charge in [0.2, 0.25) is 5.91 Å². The number of nitrogens with zero attached hydrogens (tertiary/aromatic N) is 2. The van der Waals surface area contributed by atoms with E-state index in [1.54, 1.807) is 0 Å². The highest BCUT2D eigenvalue weighted by molar-refractivity contribution is 5.89. The van der Waals surface area contributed by atoms with Gasteiger partial charge in [-0.05, 0) is 35.8 Å². The maximum absolute atomic E-state index is 13.8. The number of allylic oxidation sites excluding steroid dienone is 1. The van der Waals surface area contributed by atoms with Crippen molar-refractivity contribution in [3.63, 3.8) is 0 Å². The van der Waals surface area contributed by atoms with Crippen molar-refractivity contribution in [1.29, 1.82) is 0 Å². The van der Waals surface area contributed by atoms with Gasteiger partial charge in [-0.25, -0.2) is 0 Å². The Morgan fingerprint density at radius 2 is 1.75 bits per heavy atom. The lowest BCUT2D eigenvalue weighted by Crippen LogP contribution is -2.60. The average Bonchev–Trinajstić information content (AvgIpc) is 3.23. The zero-order valence-electron chi connectivity index (χ0n) is 23.3. The van der Waals surface area contributed by atoms with E-state index in [0.29, 0.717) is 10.4 Å². The highest BCUT2D eigenvalue weighted by Crippen LogP contribution is 2.43. The fourth-order valence-corrected chi connectivity index (χ4v) is 6.64. The Balaban J connectivity index is 1.44. The van der Waals surface area contributed by atoms with Crippen LogP contribution in [-0.4, -0.2) is 67.5 Å². The molecule has 1 saturated carbocycles. The Bertz CT molecular complexity index is 949. The van der Waals surface area contributed by atoms with Crippen molar-refractivity contribution in [3.8, 4) is 0 Å². The van der Waals surface area contributed by atoms with E-state index in [-0.39, 0.29) is 29.2 Å². The number of likely N-dealkylation sites (N-methyl/N-ethyl adjacent to an activating group) is 1. The monoisotopic (exact) mass is 494 g/mol. The van der Waals surface area contributed by atoms with Gasteiger partial charge in [0, 0.05) is 24.9 Å². The van der Waals surface area contributed by atoms with Gasteiger partial charge in [-0.15, -0.1) is 0 Å². The van der Waals surface area contributed by atoms with E-state index >= 15 is 0 Å². The maximum Gasteiger partial charge on any atom is 0.279 e. The van der Waals surface area contributed by atoms with Crippen molar-refractivity contribution >= 4 is 17.9 Å². The summed E-state index contributed by atoms with van der Waals surface area (Å²) < 4.78 is 0.599. The van der Waals surface area contributed by atoms with E-state index in [1.807, 2.05) is 4.90 Å². The lowest BCUT2D eigenvalue weighted by Gasteiger charge is -2.41. The number of nitrogens with one attached hydrogen (secondary N) is 1. The Kier molecular flexibility index (Phi) is 8.28. The summed E-state index contributed by atoms with van der Waals surface area (Å²) in [4.78, 5) is 29.6. The molecule has 198 valence electrons. The minimum Gasteiger partial charge on any atom is -0.341 e. The van der Waals surface area contributed by atoms with Crippen LogP contribution in [-0.2, 0) is 15.0 Å². The van der Waals surface area contributed by atoms with E-state index in [2.05, 4.69) is 76.7 Å². The third-order valence-electron chi connectivity index (χ3n) is 9.34. The Hall–Kier alpha value is -2.14. The summed E-state index contributed by atoms with van der Waals surface area (Å²) in [7, 11) is 6.35. The number of hydrogen-bond acceptors (Lipinski definition) is 2. The number of fused-ring (bicyclic) bond motifs is 2. The van der Waals surface area contributed by atoms with Crippen LogP contribution < -0.4 is 5.32 Å². The second-order valence-corrected chi connectivity index (χ2v) is 12.6. The third-order valence-corrected chi connectivity index (χ3v) is 9.34. The van der Waals surface area contributed by atoms with Gasteiger partial charge in [-0.3, -0.25) is 9.59 Å². The van der Waals surface area contributed by atoms with E-state index in [4.69, 9.17) is 0 Å². The highest BCUT2D eigenvalue weighted by atomic mass is 16.2. The van der Waals surface area contributed by atoms with Crippen molar-refractivity contribution in [2.75, 3.05) is 34.2 Å². The molecule has 2 unspecified atom stereocenters. The van der Waals surface area contributed by atoms with Crippen LogP contribution in [0, 0.1) is 11.8 Å². The molecular weight excluding hydrogens is 446 g/mol. The molecule has 1 spiro atoms. The molecule has 2 fully saturated rings. The Morgan fingerprint density at radius 3 is 2.39 bits per heavy atom. The topological polar surface area (TPSA) is 49.4 Å². The standard InChI is InChI=1S/C31H47N3O2/c1-6-23(2)28(32-29(35)27(34(3,4)5)22-24-12-8-7-9-13-24)30(36)33-20-18-31(19-21-33)17-16-25-14-10-11-15-26(25)31/h10-11,14-17,23-24,27-28H,6-9,12-13,18-22H2,1-5H3/p+1/t23-,27?,28?/m0/s1. The first kappa shape index (κ1) is 26.9. The molecule has 2 aliphatic carbocycles. The van der Waals surface area contributed by atoms with Crippen LogP contribution >= 0.6 is 0 Å². The van der Waals surface area contributed by atoms with E-state index in [1.165, 1.54) is 43.2 Å². The smallest absolute Gasteiger partial charge is 0.279 e. The molecule has 0 aromatic heterocycles. The van der Waals surface area contributed by atoms with Crippen LogP contribution in [0.4, 0.5) is 0 Å². The molecule has 1 N–H and O–H groups in total. The van der Waals surface area contributed by atoms with Gasteiger partial charge in [0.1, 0.15) is 6.04 Å². The molecule has 3 atom stereocenters. The van der Waals surface area contributed by atoms with Gasteiger partial charge >= 0.3 is 0 Å². The summed E-state index contributed by atoms with van der Waals surface area (Å²) in [5.74, 6) is 0.867. The second kappa shape index (κ2) is 11.1. The fraction of sp³-hybridized carbons (Fsp3) is 0.677. The second-order valence-electron chi connectivity index (χ2n) is 12.6. The lowest BCUT2D eigenvalue weighted by atomic mass is 9.74. The van der Waals surface area contributed by atoms with E-state index in [9.17, 15) is 9.59 Å². The zero-order valence-corrected chi connectivity index (χ0v) is 23.3. The largest absolute Gasteiger partial charge is 0.341 e. The summed E-state index contributed by atoms with van der Waals surface area (Å²) >= 11 is 0. The number of rotatable bonds is 8. The van der Waals surface area contributed by atoms with Crippen LogP contribution in [0.2, 0.25) is 0 Å². The van der Waals surface area contributed by atoms with E-state index < -0.39 is 6.04 Å². The minimum absolute atomic E-state index is 0.0489. The predicted octanol–water partition coefficient (Wildman–Crippen LogP) is 5.15. The lowest BCUT2D eigenvalue weighted by molar-refractivity contribution is -0.887. The Morgan fingerprint density at radius 1 is 1.08 bits per heavy atom. The number of likely N-dealkylation sites (tertiary alicyclic amines) is 1. The van der Waals surface area contributed by atoms with Crippen LogP contribution in [0.15, 0.2) is 30.3 Å².